The Morgan fingerprint density at radius 2 is 0.966 bits per heavy atom. The van der Waals surface area contributed by atoms with Gasteiger partial charge in [0, 0.05) is 12.8 Å². The number of allylic oxidation sites excluding steroid dienone is 8. The molecule has 0 aliphatic carbocycles. The first-order valence-corrected chi connectivity index (χ1v) is 25.4. The Hall–Kier alpha value is -2.03. The Bertz CT molecular complexity index is 1150. The van der Waals surface area contributed by atoms with Crippen LogP contribution in [0.5, 0.6) is 0 Å². The molecule has 9 nitrogen and oxygen atoms in total. The molecule has 0 heterocycles. The van der Waals surface area contributed by atoms with Crippen LogP contribution in [-0.2, 0) is 32.7 Å². The first-order valence-electron chi connectivity index (χ1n) is 23.9. The van der Waals surface area contributed by atoms with Crippen LogP contribution in [0.15, 0.2) is 48.6 Å². The van der Waals surface area contributed by atoms with Gasteiger partial charge in [-0.05, 0) is 32.1 Å². The standard InChI is InChI=1S/C49H90NO8P/c1-6-8-10-12-14-16-18-20-22-23-24-25-26-28-30-32-34-36-38-40-42-49(52)58-47(46-57-59(53,54)56-44-43-50(3,4)5)45-55-48(51)41-39-37-35-33-31-29-27-21-19-17-15-13-11-9-7-2/h9,11,13,15,17,19,21,27,47H,6-8,10,12,14,16,18,20,22-26,28-46H2,1-5H3/b11-9+,15-13+,19-17+,27-21+/t47-/m1/s1. The van der Waals surface area contributed by atoms with Crippen LogP contribution >= 0.6 is 7.82 Å². The lowest BCUT2D eigenvalue weighted by molar-refractivity contribution is -0.870. The van der Waals surface area contributed by atoms with E-state index in [2.05, 4.69) is 32.1 Å². The number of rotatable bonds is 43. The second kappa shape index (κ2) is 41.3. The van der Waals surface area contributed by atoms with Gasteiger partial charge in [0.1, 0.15) is 19.8 Å². The number of carbonyl (C=O) groups excluding carboxylic acids is 2. The van der Waals surface area contributed by atoms with Crippen LogP contribution in [0.1, 0.15) is 200 Å². The molecule has 0 aliphatic heterocycles. The van der Waals surface area contributed by atoms with E-state index in [9.17, 15) is 19.0 Å². The molecule has 0 amide bonds. The topological polar surface area (TPSA) is 111 Å². The quantitative estimate of drug-likeness (QED) is 0.0196. The Kier molecular flexibility index (Phi) is 39.9. The van der Waals surface area contributed by atoms with E-state index in [0.29, 0.717) is 23.9 Å². The molecule has 0 aromatic carbocycles. The fraction of sp³-hybridized carbons (Fsp3) is 0.796. The van der Waals surface area contributed by atoms with Gasteiger partial charge in [0.25, 0.3) is 7.82 Å². The molecule has 0 saturated carbocycles. The van der Waals surface area contributed by atoms with Crippen molar-refractivity contribution in [3.8, 4) is 0 Å². The van der Waals surface area contributed by atoms with Gasteiger partial charge < -0.3 is 27.9 Å². The molecule has 59 heavy (non-hydrogen) atoms. The zero-order valence-electron chi connectivity index (χ0n) is 38.7. The van der Waals surface area contributed by atoms with Crippen molar-refractivity contribution >= 4 is 19.8 Å². The SMILES string of the molecule is CC/C=C/C=C/C=C/C=C/CCCCCCCC(=O)OC[C@H](COP(=O)([O-])OCC[N+](C)(C)C)OC(=O)CCCCCCCCCCCCCCCCCCCCCC. The van der Waals surface area contributed by atoms with Gasteiger partial charge in [-0.2, -0.15) is 0 Å². The van der Waals surface area contributed by atoms with E-state index in [1.54, 1.807) is 0 Å². The number of unbranched alkanes of at least 4 members (excludes halogenated alkanes) is 24. The predicted molar refractivity (Wildman–Crippen MR) is 245 cm³/mol. The van der Waals surface area contributed by atoms with Crippen molar-refractivity contribution in [3.63, 3.8) is 0 Å². The van der Waals surface area contributed by atoms with E-state index in [-0.39, 0.29) is 26.1 Å². The molecule has 0 radical (unpaired) electrons. The lowest BCUT2D eigenvalue weighted by Crippen LogP contribution is -2.37. The van der Waals surface area contributed by atoms with Gasteiger partial charge in [0.05, 0.1) is 27.7 Å². The number of quaternary nitrogens is 1. The molecule has 0 bridgehead atoms. The van der Waals surface area contributed by atoms with Crippen LogP contribution in [0.3, 0.4) is 0 Å². The molecular formula is C49H90NO8P. The van der Waals surface area contributed by atoms with E-state index in [1.807, 2.05) is 51.5 Å². The maximum absolute atomic E-state index is 12.7. The maximum Gasteiger partial charge on any atom is 0.306 e. The van der Waals surface area contributed by atoms with Gasteiger partial charge in [0.2, 0.25) is 0 Å². The summed E-state index contributed by atoms with van der Waals surface area (Å²) >= 11 is 0. The molecule has 0 rings (SSSR count). The van der Waals surface area contributed by atoms with Crippen LogP contribution in [0.4, 0.5) is 0 Å². The summed E-state index contributed by atoms with van der Waals surface area (Å²) in [6.07, 6.45) is 48.5. The second-order valence-corrected chi connectivity index (χ2v) is 18.6. The first kappa shape index (κ1) is 57.0. The highest BCUT2D eigenvalue weighted by molar-refractivity contribution is 7.45. The molecule has 0 aromatic rings. The number of nitrogens with zero attached hydrogens (tertiary/aromatic N) is 1. The molecule has 0 N–H and O–H groups in total. The molecule has 2 atom stereocenters. The Balaban J connectivity index is 4.30. The van der Waals surface area contributed by atoms with Gasteiger partial charge in [-0.1, -0.05) is 204 Å². The number of ether oxygens (including phenoxy) is 2. The van der Waals surface area contributed by atoms with E-state index in [0.717, 1.165) is 57.8 Å². The third-order valence-electron chi connectivity index (χ3n) is 10.2. The van der Waals surface area contributed by atoms with E-state index >= 15 is 0 Å². The number of phosphoric acid groups is 1. The summed E-state index contributed by atoms with van der Waals surface area (Å²) in [7, 11) is 1.15. The predicted octanol–water partition coefficient (Wildman–Crippen LogP) is 13.2. The van der Waals surface area contributed by atoms with E-state index in [4.69, 9.17) is 18.5 Å². The molecule has 0 fully saturated rings. The molecule has 0 aromatic heterocycles. The average molecular weight is 852 g/mol. The van der Waals surface area contributed by atoms with Crippen molar-refractivity contribution in [3.05, 3.63) is 48.6 Å². The van der Waals surface area contributed by atoms with E-state index < -0.39 is 32.5 Å². The smallest absolute Gasteiger partial charge is 0.306 e. The Labute approximate surface area is 363 Å². The second-order valence-electron chi connectivity index (χ2n) is 17.2. The van der Waals surface area contributed by atoms with E-state index in [1.165, 1.54) is 103 Å². The third-order valence-corrected chi connectivity index (χ3v) is 11.2. The summed E-state index contributed by atoms with van der Waals surface area (Å²) in [6, 6.07) is 0. The minimum Gasteiger partial charge on any atom is -0.756 e. The number of esters is 2. The first-order chi connectivity index (χ1) is 28.5. The van der Waals surface area contributed by atoms with Crippen molar-refractivity contribution < 1.29 is 42.1 Å². The van der Waals surface area contributed by atoms with Gasteiger partial charge >= 0.3 is 11.9 Å². The number of likely N-dealkylation sites (N-methyl/N-ethyl adjacent to an activating group) is 1. The summed E-state index contributed by atoms with van der Waals surface area (Å²) < 4.78 is 34.0. The highest BCUT2D eigenvalue weighted by Gasteiger charge is 2.21. The summed E-state index contributed by atoms with van der Waals surface area (Å²) in [6.45, 7) is 4.08. The summed E-state index contributed by atoms with van der Waals surface area (Å²) in [5, 5.41) is 0. The molecule has 344 valence electrons. The van der Waals surface area contributed by atoms with Gasteiger partial charge in [0.15, 0.2) is 6.10 Å². The minimum absolute atomic E-state index is 0.0353. The Morgan fingerprint density at radius 1 is 0.542 bits per heavy atom. The van der Waals surface area contributed by atoms with Crippen molar-refractivity contribution in [1.82, 2.24) is 0 Å². The lowest BCUT2D eigenvalue weighted by Gasteiger charge is -2.28. The molecule has 1 unspecified atom stereocenters. The van der Waals surface area contributed by atoms with Crippen LogP contribution in [-0.4, -0.2) is 70.0 Å². The zero-order valence-corrected chi connectivity index (χ0v) is 39.6. The van der Waals surface area contributed by atoms with Crippen molar-refractivity contribution in [1.29, 1.82) is 0 Å². The molecule has 0 saturated heterocycles. The average Bonchev–Trinajstić information content (AvgIpc) is 3.19. The highest BCUT2D eigenvalue weighted by Crippen LogP contribution is 2.38. The number of hydrogen-bond acceptors (Lipinski definition) is 8. The molecular weight excluding hydrogens is 762 g/mol. The number of phosphoric ester groups is 1. The largest absolute Gasteiger partial charge is 0.756 e. The van der Waals surface area contributed by atoms with Crippen molar-refractivity contribution in [2.45, 2.75) is 206 Å². The molecule has 10 heteroatoms. The fourth-order valence-electron chi connectivity index (χ4n) is 6.49. The lowest BCUT2D eigenvalue weighted by atomic mass is 10.0. The monoisotopic (exact) mass is 852 g/mol. The molecule has 0 spiro atoms. The normalized spacial score (nSPS) is 13.9. The minimum atomic E-state index is -4.63. The van der Waals surface area contributed by atoms with Crippen LogP contribution in [0.2, 0.25) is 0 Å². The van der Waals surface area contributed by atoms with Gasteiger partial charge in [-0.15, -0.1) is 0 Å². The number of carbonyl (C=O) groups is 2. The zero-order chi connectivity index (χ0) is 43.6. The van der Waals surface area contributed by atoms with Crippen LogP contribution in [0.25, 0.3) is 0 Å². The van der Waals surface area contributed by atoms with Crippen LogP contribution in [0, 0.1) is 0 Å². The maximum atomic E-state index is 12.7. The Morgan fingerprint density at radius 3 is 1.44 bits per heavy atom. The van der Waals surface area contributed by atoms with Crippen molar-refractivity contribution in [2.24, 2.45) is 0 Å². The van der Waals surface area contributed by atoms with Gasteiger partial charge in [-0.25, -0.2) is 0 Å². The fourth-order valence-corrected chi connectivity index (χ4v) is 7.22. The number of hydrogen-bond donors (Lipinski definition) is 0. The third kappa shape index (κ3) is 45.3. The summed E-state index contributed by atoms with van der Waals surface area (Å²) in [5.74, 6) is -0.857. The van der Waals surface area contributed by atoms with Gasteiger partial charge in [-0.3, -0.25) is 14.2 Å². The van der Waals surface area contributed by atoms with Crippen LogP contribution < -0.4 is 4.89 Å². The van der Waals surface area contributed by atoms with Crippen molar-refractivity contribution in [2.75, 3.05) is 47.5 Å². The highest BCUT2D eigenvalue weighted by atomic mass is 31.2. The summed E-state index contributed by atoms with van der Waals surface area (Å²) in [5.41, 5.74) is 0. The molecule has 0 aliphatic rings. The summed E-state index contributed by atoms with van der Waals surface area (Å²) in [4.78, 5) is 37.6.